The standard InChI is InChI=1S/C22H21ClN4O4S2.C22H22N4O4S2/c1-14-18(10-21(28)29)20-11-19(23)15(12-24)13-27(20)22(14)32-16-2-4-17(5-3-16)33(30,31)26-8-6-25-7-9-26;1-15-19(12-21(27)28)20-7-2-16(13-23)14-26(20)22(15)31-17-3-5-18(6-4-17)32(29,30)25-10-8-24-9-11-25/h2-5,11,13,25H,6-10H2,1H3,(H,28,29);2-7,14,24H,8-12H2,1H3,(H,27,28). The maximum Gasteiger partial charge on any atom is 0.307 e. The van der Waals surface area contributed by atoms with Crippen LogP contribution in [0.2, 0.25) is 5.02 Å². The van der Waals surface area contributed by atoms with Gasteiger partial charge in [-0.3, -0.25) is 9.59 Å². The fraction of sp³-hybridized carbons (Fsp3) is 0.273. The molecule has 21 heteroatoms. The molecule has 0 amide bonds. The second-order valence-electron chi connectivity index (χ2n) is 15.1. The molecular formula is C44H43ClN8O8S4. The fourth-order valence-corrected chi connectivity index (χ4v) is 12.8. The Hall–Kier alpha value is -5.39. The molecule has 2 aliphatic rings. The molecule has 65 heavy (non-hydrogen) atoms. The van der Waals surface area contributed by atoms with Crippen LogP contribution in [0.1, 0.15) is 33.4 Å². The molecule has 2 fully saturated rings. The zero-order valence-corrected chi connectivity index (χ0v) is 39.1. The normalized spacial score (nSPS) is 15.0. The van der Waals surface area contributed by atoms with E-state index >= 15 is 0 Å². The molecule has 2 aliphatic heterocycles. The number of nitrogens with one attached hydrogen (secondary N) is 2. The Morgan fingerprint density at radius 2 is 1.09 bits per heavy atom. The van der Waals surface area contributed by atoms with Crippen molar-refractivity contribution in [3.05, 3.63) is 118 Å². The monoisotopic (exact) mass is 974 g/mol. The number of hydrogen-bond acceptors (Lipinski definition) is 12. The summed E-state index contributed by atoms with van der Waals surface area (Å²) in [6, 6.07) is 22.5. The van der Waals surface area contributed by atoms with E-state index in [1.54, 1.807) is 83.5 Å². The summed E-state index contributed by atoms with van der Waals surface area (Å²) in [5, 5.41) is 45.5. The van der Waals surface area contributed by atoms with E-state index in [2.05, 4.69) is 16.7 Å². The van der Waals surface area contributed by atoms with Crippen LogP contribution in [0.25, 0.3) is 11.0 Å². The fourth-order valence-electron chi connectivity index (χ4n) is 7.65. The number of carboxylic acid groups (broad SMARTS) is 2. The Balaban J connectivity index is 0.000000194. The summed E-state index contributed by atoms with van der Waals surface area (Å²) < 4.78 is 58.1. The summed E-state index contributed by atoms with van der Waals surface area (Å²) in [6.45, 7) is 7.98. The lowest BCUT2D eigenvalue weighted by atomic mass is 10.1. The number of aliphatic carboxylic acids is 2. The number of aromatic nitrogens is 2. The van der Waals surface area contributed by atoms with Crippen LogP contribution < -0.4 is 10.6 Å². The third kappa shape index (κ3) is 10.2. The van der Waals surface area contributed by atoms with Gasteiger partial charge in [-0.05, 0) is 103 Å². The SMILES string of the molecule is Cc1c(CC(=O)O)c2cc(Cl)c(C#N)cn2c1Sc1ccc(S(=O)(=O)N2CCNCC2)cc1.Cc1c(CC(=O)O)c2ccc(C#N)cn2c1Sc1ccc(S(=O)(=O)N2CCNCC2)cc1. The van der Waals surface area contributed by atoms with Gasteiger partial charge in [0.2, 0.25) is 20.0 Å². The van der Waals surface area contributed by atoms with Gasteiger partial charge in [-0.25, -0.2) is 16.8 Å². The molecule has 6 heterocycles. The smallest absolute Gasteiger partial charge is 0.307 e. The molecule has 16 nitrogen and oxygen atoms in total. The molecule has 0 bridgehead atoms. The Bertz CT molecular complexity index is 3110. The molecule has 4 aromatic heterocycles. The van der Waals surface area contributed by atoms with Gasteiger partial charge in [-0.1, -0.05) is 35.1 Å². The zero-order chi connectivity index (χ0) is 46.6. The van der Waals surface area contributed by atoms with Crippen LogP contribution in [0.3, 0.4) is 0 Å². The van der Waals surface area contributed by atoms with Crippen LogP contribution in [-0.4, -0.2) is 109 Å². The van der Waals surface area contributed by atoms with Crippen molar-refractivity contribution in [1.29, 1.82) is 10.5 Å². The van der Waals surface area contributed by atoms with E-state index in [0.717, 1.165) is 36.5 Å². The van der Waals surface area contributed by atoms with Crippen LogP contribution in [0.5, 0.6) is 0 Å². The van der Waals surface area contributed by atoms with E-state index in [9.17, 15) is 47.2 Å². The van der Waals surface area contributed by atoms with Crippen molar-refractivity contribution in [2.45, 2.75) is 56.3 Å². The van der Waals surface area contributed by atoms with Gasteiger partial charge in [0.25, 0.3) is 0 Å². The largest absolute Gasteiger partial charge is 0.481 e. The highest BCUT2D eigenvalue weighted by Gasteiger charge is 2.28. The van der Waals surface area contributed by atoms with E-state index in [1.807, 2.05) is 24.3 Å². The molecule has 0 saturated carbocycles. The number of carbonyl (C=O) groups is 2. The number of carboxylic acids is 2. The van der Waals surface area contributed by atoms with Crippen LogP contribution >= 0.6 is 35.1 Å². The Kier molecular flexibility index (Phi) is 14.6. The number of pyridine rings is 2. The van der Waals surface area contributed by atoms with Gasteiger partial charge >= 0.3 is 11.9 Å². The molecular weight excluding hydrogens is 932 g/mol. The van der Waals surface area contributed by atoms with Crippen LogP contribution in [0, 0.1) is 36.5 Å². The highest BCUT2D eigenvalue weighted by atomic mass is 35.5. The van der Waals surface area contributed by atoms with E-state index in [0.29, 0.717) is 74.6 Å². The van der Waals surface area contributed by atoms with E-state index in [1.165, 1.54) is 32.1 Å². The number of nitrogens with zero attached hydrogens (tertiary/aromatic N) is 6. The van der Waals surface area contributed by atoms with Crippen molar-refractivity contribution in [3.8, 4) is 12.1 Å². The average Bonchev–Trinajstić information content (AvgIpc) is 3.69. The van der Waals surface area contributed by atoms with Crippen molar-refractivity contribution >= 4 is 78.1 Å². The molecule has 6 aromatic rings. The van der Waals surface area contributed by atoms with E-state index < -0.39 is 32.0 Å². The minimum atomic E-state index is -3.55. The van der Waals surface area contributed by atoms with Gasteiger partial charge < -0.3 is 29.6 Å². The summed E-state index contributed by atoms with van der Waals surface area (Å²) in [6.07, 6.45) is 2.99. The third-order valence-corrected chi connectivity index (χ3v) is 17.5. The van der Waals surface area contributed by atoms with Gasteiger partial charge in [-0.2, -0.15) is 19.1 Å². The summed E-state index contributed by atoms with van der Waals surface area (Å²) >= 11 is 8.98. The number of halogens is 1. The first kappa shape index (κ1) is 47.6. The Labute approximate surface area is 389 Å². The minimum absolute atomic E-state index is 0.121. The highest BCUT2D eigenvalue weighted by molar-refractivity contribution is 7.99. The molecule has 2 aromatic carbocycles. The quantitative estimate of drug-likeness (QED) is 0.116. The first-order valence-electron chi connectivity index (χ1n) is 20.2. The summed E-state index contributed by atoms with van der Waals surface area (Å²) in [5.41, 5.74) is 5.02. The second-order valence-corrected chi connectivity index (χ2v) is 21.5. The van der Waals surface area contributed by atoms with E-state index in [-0.39, 0.29) is 33.2 Å². The average molecular weight is 976 g/mol. The molecule has 2 saturated heterocycles. The van der Waals surface area contributed by atoms with Crippen LogP contribution in [0.4, 0.5) is 0 Å². The topological polar surface area (TPSA) is 230 Å². The maximum atomic E-state index is 12.9. The predicted molar refractivity (Wildman–Crippen MR) is 246 cm³/mol. The number of sulfonamides is 2. The molecule has 0 spiro atoms. The Morgan fingerprint density at radius 1 is 0.662 bits per heavy atom. The number of fused-ring (bicyclic) bond motifs is 2. The number of hydrogen-bond donors (Lipinski definition) is 4. The molecule has 8 rings (SSSR count). The van der Waals surface area contributed by atoms with Gasteiger partial charge in [0.05, 0.1) is 59.9 Å². The third-order valence-electron chi connectivity index (χ3n) is 11.0. The first-order chi connectivity index (χ1) is 31.0. The van der Waals surface area contributed by atoms with Crippen molar-refractivity contribution in [2.24, 2.45) is 0 Å². The highest BCUT2D eigenvalue weighted by Crippen LogP contribution is 2.39. The predicted octanol–water partition coefficient (Wildman–Crippen LogP) is 5.64. The summed E-state index contributed by atoms with van der Waals surface area (Å²) in [4.78, 5) is 24.9. The summed E-state index contributed by atoms with van der Waals surface area (Å²) in [5.74, 6) is -1.89. The first-order valence-corrected chi connectivity index (χ1v) is 25.1. The zero-order valence-electron chi connectivity index (χ0n) is 35.1. The molecule has 0 unspecified atom stereocenters. The lowest BCUT2D eigenvalue weighted by Crippen LogP contribution is -2.46. The van der Waals surface area contributed by atoms with Crippen molar-refractivity contribution in [3.63, 3.8) is 0 Å². The number of nitriles is 2. The second kappa shape index (κ2) is 20.0. The summed E-state index contributed by atoms with van der Waals surface area (Å²) in [7, 11) is -7.09. The van der Waals surface area contributed by atoms with Crippen molar-refractivity contribution in [1.82, 2.24) is 28.0 Å². The van der Waals surface area contributed by atoms with Gasteiger partial charge in [0.1, 0.15) is 12.1 Å². The lowest BCUT2D eigenvalue weighted by Gasteiger charge is -2.26. The van der Waals surface area contributed by atoms with Gasteiger partial charge in [0, 0.05) is 74.5 Å². The van der Waals surface area contributed by atoms with E-state index in [4.69, 9.17) is 11.6 Å². The number of piperazine rings is 2. The van der Waals surface area contributed by atoms with Crippen molar-refractivity contribution < 1.29 is 36.6 Å². The molecule has 0 aliphatic carbocycles. The van der Waals surface area contributed by atoms with Crippen molar-refractivity contribution in [2.75, 3.05) is 52.4 Å². The number of rotatable bonds is 12. The van der Waals surface area contributed by atoms with Crippen LogP contribution in [0.15, 0.2) is 109 Å². The Morgan fingerprint density at radius 3 is 1.51 bits per heavy atom. The minimum Gasteiger partial charge on any atom is -0.481 e. The lowest BCUT2D eigenvalue weighted by molar-refractivity contribution is -0.137. The molecule has 0 radical (unpaired) electrons. The number of benzene rings is 2. The molecule has 338 valence electrons. The van der Waals surface area contributed by atoms with Crippen LogP contribution in [-0.2, 0) is 42.5 Å². The maximum absolute atomic E-state index is 12.9. The molecule has 4 N–H and O–H groups in total. The molecule has 0 atom stereocenters. The van der Waals surface area contributed by atoms with Gasteiger partial charge in [0.15, 0.2) is 0 Å². The van der Waals surface area contributed by atoms with Gasteiger partial charge in [-0.15, -0.1) is 0 Å².